The summed E-state index contributed by atoms with van der Waals surface area (Å²) in [5, 5.41) is 23.5. The average molecular weight is 324 g/mol. The Morgan fingerprint density at radius 1 is 1.68 bits per heavy atom. The summed E-state index contributed by atoms with van der Waals surface area (Å²) in [6.07, 6.45) is 1.82. The molecular weight excluding hydrogens is 304 g/mol. The molecule has 0 aromatic carbocycles. The van der Waals surface area contributed by atoms with Crippen LogP contribution in [0.3, 0.4) is 0 Å². The van der Waals surface area contributed by atoms with Crippen molar-refractivity contribution in [1.82, 2.24) is 9.88 Å². The van der Waals surface area contributed by atoms with Crippen LogP contribution in [0, 0.1) is 11.3 Å². The van der Waals surface area contributed by atoms with Crippen molar-refractivity contribution in [3.8, 4) is 6.07 Å². The lowest BCUT2D eigenvalue weighted by Crippen LogP contribution is -2.47. The van der Waals surface area contributed by atoms with Crippen LogP contribution in [0.5, 0.6) is 0 Å². The first-order chi connectivity index (χ1) is 10.6. The van der Waals surface area contributed by atoms with Gasteiger partial charge in [0.05, 0.1) is 24.8 Å². The molecule has 3 atom stereocenters. The van der Waals surface area contributed by atoms with Crippen LogP contribution in [-0.4, -0.2) is 59.3 Å². The number of amides is 1. The second-order valence-electron chi connectivity index (χ2n) is 5.33. The molecule has 1 saturated heterocycles. The van der Waals surface area contributed by atoms with Crippen molar-refractivity contribution in [1.29, 1.82) is 5.26 Å². The summed E-state index contributed by atoms with van der Waals surface area (Å²) in [4.78, 5) is 18.1. The number of nitriles is 1. The molecule has 8 heteroatoms. The summed E-state index contributed by atoms with van der Waals surface area (Å²) in [5.74, 6) is -0.363. The second kappa shape index (κ2) is 8.19. The van der Waals surface area contributed by atoms with E-state index in [0.29, 0.717) is 24.5 Å². The van der Waals surface area contributed by atoms with E-state index >= 15 is 0 Å². The van der Waals surface area contributed by atoms with Crippen LogP contribution in [-0.2, 0) is 9.53 Å². The van der Waals surface area contributed by atoms with Gasteiger partial charge in [-0.05, 0) is 26.3 Å². The molecule has 1 amide bonds. The van der Waals surface area contributed by atoms with E-state index in [0.717, 1.165) is 13.0 Å². The zero-order chi connectivity index (χ0) is 15.9. The first-order valence-electron chi connectivity index (χ1n) is 7.19. The van der Waals surface area contributed by atoms with E-state index in [-0.39, 0.29) is 12.0 Å². The fourth-order valence-corrected chi connectivity index (χ4v) is 2.88. The van der Waals surface area contributed by atoms with E-state index < -0.39 is 12.2 Å². The van der Waals surface area contributed by atoms with Crippen LogP contribution in [0.2, 0.25) is 0 Å². The van der Waals surface area contributed by atoms with Crippen molar-refractivity contribution in [2.45, 2.75) is 37.6 Å². The summed E-state index contributed by atoms with van der Waals surface area (Å²) in [6, 6.07) is 2.09. The summed E-state index contributed by atoms with van der Waals surface area (Å²) < 4.78 is 5.74. The van der Waals surface area contributed by atoms with Crippen molar-refractivity contribution in [3.05, 3.63) is 11.6 Å². The normalized spacial score (nSPS) is 24.9. The molecule has 0 aliphatic carbocycles. The molecule has 1 aromatic heterocycles. The minimum absolute atomic E-state index is 0.0865. The summed E-state index contributed by atoms with van der Waals surface area (Å²) in [7, 11) is 1.87. The quantitative estimate of drug-likeness (QED) is 0.752. The molecule has 1 fully saturated rings. The zero-order valence-electron chi connectivity index (χ0n) is 12.4. The molecule has 3 unspecified atom stereocenters. The van der Waals surface area contributed by atoms with Crippen LogP contribution in [0.25, 0.3) is 0 Å². The van der Waals surface area contributed by atoms with E-state index in [1.165, 1.54) is 11.3 Å². The third kappa shape index (κ3) is 4.74. The third-order valence-electron chi connectivity index (χ3n) is 3.57. The van der Waals surface area contributed by atoms with E-state index in [4.69, 9.17) is 10.00 Å². The number of nitrogens with zero attached hydrogens (tertiary/aromatic N) is 3. The number of hydrogen-bond acceptors (Lipinski definition) is 7. The Balaban J connectivity index is 1.85. The lowest BCUT2D eigenvalue weighted by atomic mass is 9.98. The van der Waals surface area contributed by atoms with Crippen molar-refractivity contribution in [2.75, 3.05) is 25.5 Å². The molecule has 2 N–H and O–H groups in total. The van der Waals surface area contributed by atoms with Gasteiger partial charge >= 0.3 is 0 Å². The average Bonchev–Trinajstić information content (AvgIpc) is 2.99. The SMILES string of the molecule is CN(CC#N)CCC1CCC(O)C(C(=O)Nc2nccs2)O1. The maximum atomic E-state index is 12.2. The van der Waals surface area contributed by atoms with Gasteiger partial charge in [0.1, 0.15) is 0 Å². The predicted octanol–water partition coefficient (Wildman–Crippen LogP) is 0.836. The number of aliphatic hydroxyl groups is 1. The molecule has 1 aromatic rings. The van der Waals surface area contributed by atoms with Gasteiger partial charge in [-0.1, -0.05) is 0 Å². The number of hydrogen-bond donors (Lipinski definition) is 2. The highest BCUT2D eigenvalue weighted by molar-refractivity contribution is 7.13. The van der Waals surface area contributed by atoms with Crippen molar-refractivity contribution < 1.29 is 14.6 Å². The van der Waals surface area contributed by atoms with Crippen molar-refractivity contribution >= 4 is 22.4 Å². The number of rotatable bonds is 6. The Morgan fingerprint density at radius 3 is 3.18 bits per heavy atom. The Labute approximate surface area is 133 Å². The van der Waals surface area contributed by atoms with Gasteiger partial charge < -0.3 is 9.84 Å². The molecule has 0 radical (unpaired) electrons. The Morgan fingerprint density at radius 2 is 2.50 bits per heavy atom. The minimum atomic E-state index is -0.871. The summed E-state index contributed by atoms with van der Waals surface area (Å²) in [6.45, 7) is 1.08. The van der Waals surface area contributed by atoms with Crippen LogP contribution in [0.4, 0.5) is 5.13 Å². The molecule has 1 aliphatic heterocycles. The zero-order valence-corrected chi connectivity index (χ0v) is 13.3. The third-order valence-corrected chi connectivity index (χ3v) is 4.26. The lowest BCUT2D eigenvalue weighted by Gasteiger charge is -2.33. The predicted molar refractivity (Wildman–Crippen MR) is 82.4 cm³/mol. The molecule has 1 aliphatic rings. The maximum Gasteiger partial charge on any atom is 0.258 e. The Bertz CT molecular complexity index is 517. The molecule has 120 valence electrons. The fourth-order valence-electron chi connectivity index (χ4n) is 2.35. The molecule has 22 heavy (non-hydrogen) atoms. The van der Waals surface area contributed by atoms with E-state index in [9.17, 15) is 9.90 Å². The van der Waals surface area contributed by atoms with E-state index in [2.05, 4.69) is 16.4 Å². The number of carbonyl (C=O) groups is 1. The van der Waals surface area contributed by atoms with Crippen molar-refractivity contribution in [2.24, 2.45) is 0 Å². The number of nitrogens with one attached hydrogen (secondary N) is 1. The number of thiazole rings is 1. The fraction of sp³-hybridized carbons (Fsp3) is 0.643. The Kier molecular flexibility index (Phi) is 6.27. The van der Waals surface area contributed by atoms with Crippen molar-refractivity contribution in [3.63, 3.8) is 0 Å². The van der Waals surface area contributed by atoms with Crippen LogP contribution in [0.15, 0.2) is 11.6 Å². The molecule has 0 saturated carbocycles. The molecule has 2 rings (SSSR count). The van der Waals surface area contributed by atoms with Gasteiger partial charge in [-0.15, -0.1) is 11.3 Å². The first kappa shape index (κ1) is 16.8. The largest absolute Gasteiger partial charge is 0.390 e. The van der Waals surface area contributed by atoms with Gasteiger partial charge in [-0.25, -0.2) is 4.98 Å². The highest BCUT2D eigenvalue weighted by atomic mass is 32.1. The van der Waals surface area contributed by atoms with Gasteiger partial charge in [0, 0.05) is 18.1 Å². The van der Waals surface area contributed by atoms with Gasteiger partial charge in [-0.3, -0.25) is 15.0 Å². The summed E-state index contributed by atoms with van der Waals surface area (Å²) in [5.41, 5.74) is 0. The highest BCUT2D eigenvalue weighted by Crippen LogP contribution is 2.23. The monoisotopic (exact) mass is 324 g/mol. The topological polar surface area (TPSA) is 98.5 Å². The molecule has 0 spiro atoms. The van der Waals surface area contributed by atoms with E-state index in [1.54, 1.807) is 11.6 Å². The van der Waals surface area contributed by atoms with Gasteiger partial charge in [-0.2, -0.15) is 5.26 Å². The lowest BCUT2D eigenvalue weighted by molar-refractivity contribution is -0.153. The molecule has 0 bridgehead atoms. The number of aliphatic hydroxyl groups excluding tert-OH is 1. The van der Waals surface area contributed by atoms with Gasteiger partial charge in [0.25, 0.3) is 5.91 Å². The van der Waals surface area contributed by atoms with Gasteiger partial charge in [0.15, 0.2) is 11.2 Å². The second-order valence-corrected chi connectivity index (χ2v) is 6.23. The number of carbonyl (C=O) groups excluding carboxylic acids is 1. The first-order valence-corrected chi connectivity index (χ1v) is 8.07. The highest BCUT2D eigenvalue weighted by Gasteiger charge is 2.35. The molecular formula is C14H20N4O3S. The van der Waals surface area contributed by atoms with Gasteiger partial charge in [0.2, 0.25) is 0 Å². The Hall–Kier alpha value is -1.53. The number of ether oxygens (including phenoxy) is 1. The maximum absolute atomic E-state index is 12.2. The van der Waals surface area contributed by atoms with Crippen LogP contribution >= 0.6 is 11.3 Å². The van der Waals surface area contributed by atoms with Crippen LogP contribution < -0.4 is 5.32 Å². The molecule has 7 nitrogen and oxygen atoms in total. The standard InChI is InChI=1S/C14H20N4O3S/c1-18(8-5-15)7-4-10-2-3-11(19)12(21-10)13(20)17-14-16-6-9-22-14/h6,9-12,19H,2-4,7-8H2,1H3,(H,16,17,20). The minimum Gasteiger partial charge on any atom is -0.390 e. The van der Waals surface area contributed by atoms with E-state index in [1.807, 2.05) is 11.9 Å². The molecule has 2 heterocycles. The summed E-state index contributed by atoms with van der Waals surface area (Å²) >= 11 is 1.32. The smallest absolute Gasteiger partial charge is 0.258 e. The number of anilines is 1. The van der Waals surface area contributed by atoms with Crippen LogP contribution in [0.1, 0.15) is 19.3 Å². The number of aromatic nitrogens is 1.